The lowest BCUT2D eigenvalue weighted by atomic mass is 9.99. The summed E-state index contributed by atoms with van der Waals surface area (Å²) in [7, 11) is 0. The first kappa shape index (κ1) is 97.7. The molecule has 0 radical (unpaired) electrons. The number of primary amides is 1. The van der Waals surface area contributed by atoms with Gasteiger partial charge in [0.15, 0.2) is 11.9 Å². The van der Waals surface area contributed by atoms with Crippen LogP contribution in [-0.4, -0.2) is 256 Å². The minimum Gasteiger partial charge on any atom is -0.508 e. The van der Waals surface area contributed by atoms with Crippen LogP contribution in [0.1, 0.15) is 103 Å². The average molecular weight is 1620 g/mol. The van der Waals surface area contributed by atoms with Crippen molar-refractivity contribution in [2.24, 2.45) is 51.6 Å². The van der Waals surface area contributed by atoms with Gasteiger partial charge in [0, 0.05) is 43.0 Å². The van der Waals surface area contributed by atoms with E-state index in [4.69, 9.17) is 62.4 Å². The highest BCUT2D eigenvalue weighted by Crippen LogP contribution is 2.20. The lowest BCUT2D eigenvalue weighted by molar-refractivity contribution is -0.142. The Morgan fingerprint density at radius 2 is 0.759 bits per heavy atom. The van der Waals surface area contributed by atoms with Gasteiger partial charge in [-0.3, -0.25) is 73.1 Å². The third-order valence-corrected chi connectivity index (χ3v) is 17.5. The number of aromatic hydroxyl groups is 2. The molecule has 0 spiro atoms. The first-order chi connectivity index (χ1) is 52.7. The summed E-state index contributed by atoms with van der Waals surface area (Å²) in [4.78, 5) is 194. The van der Waals surface area contributed by atoms with Crippen LogP contribution in [0.25, 0.3) is 0 Å². The molecule has 0 unspecified atom stereocenters. The zero-order chi connectivity index (χ0) is 84.5. The number of hydrogen-bond acceptors (Lipinski definition) is 27. The minimum absolute atomic E-state index is 0.0322. The van der Waals surface area contributed by atoms with Crippen molar-refractivity contribution in [2.75, 3.05) is 51.6 Å². The van der Waals surface area contributed by atoms with E-state index in [1.54, 1.807) is 0 Å². The number of aliphatic carboxylic acids is 1. The third kappa shape index (κ3) is 36.2. The van der Waals surface area contributed by atoms with Crippen LogP contribution >= 0.6 is 25.3 Å². The lowest BCUT2D eigenvalue weighted by Gasteiger charge is -2.32. The summed E-state index contributed by atoms with van der Waals surface area (Å²) >= 11 is 8.78. The number of carboxylic acids is 1. The molecule has 13 amide bonds. The van der Waals surface area contributed by atoms with E-state index in [0.717, 1.165) is 6.92 Å². The van der Waals surface area contributed by atoms with Crippen LogP contribution in [0, 0.1) is 10.8 Å². The maximum absolute atomic E-state index is 14.4. The molecule has 14 atom stereocenters. The van der Waals surface area contributed by atoms with E-state index in [0.29, 0.717) is 17.5 Å². The summed E-state index contributed by atoms with van der Waals surface area (Å²) in [6.45, 7) is 2.94. The van der Waals surface area contributed by atoms with Crippen LogP contribution in [0.2, 0.25) is 0 Å². The van der Waals surface area contributed by atoms with Gasteiger partial charge in [-0.05, 0) is 147 Å². The summed E-state index contributed by atoms with van der Waals surface area (Å²) in [6, 6.07) is -9.44. The molecule has 45 heteroatoms. The van der Waals surface area contributed by atoms with E-state index < -0.39 is 196 Å². The standard InChI is InChI=1S/C67H113N25O18S2/c1-33(93)50(91-58(103)44(21-25-71)84-53(98)40(9-6-26-79-65(75)76)83-59(104)46(30-49(74)96)88-63(108)51(67(2,3)112)92-60(105)45(87-52(97)38(73)31-72)28-34-11-15-36(94)16-12-34)62(107)86-43(20-24-70)57(102)81-39(8-4-5-22-68)55(100)90-48(32-111)61(106)85-42(19-23-69)56(101)82-41(10-7-27-80-66(77)78)54(99)89-47(64(109)110)29-35-13-17-37(95)18-14-35/h11-18,33,38-48,50-51,93-95,111-112H,4-10,19-32,68-73H2,1-3H3,(H2,74,96)(H,81,102)(H,82,101)(H,83,104)(H,84,98)(H,85,106)(H,86,107)(H,87,97)(H,88,108)(H,89,99)(H,90,100)(H,91,103)(H,92,105)(H,109,110)(H4,75,76,79)(H4,77,78,80)/t33-,38+,39+,40+,41+,42+,43-,44+,45+,46+,47+,48+,50+,51-/m1/s1. The number of carbonyl (C=O) groups is 14. The van der Waals surface area contributed by atoms with E-state index in [-0.39, 0.29) is 128 Å². The molecular formula is C67H113N25O18S2. The number of amides is 13. The first-order valence-electron chi connectivity index (χ1n) is 35.9. The molecule has 0 bridgehead atoms. The Hall–Kier alpha value is -10.4. The van der Waals surface area contributed by atoms with Crippen molar-refractivity contribution in [1.82, 2.24) is 74.4 Å². The summed E-state index contributed by atoms with van der Waals surface area (Å²) in [5, 5.41) is 90.1. The topological polar surface area (TPSA) is 770 Å². The van der Waals surface area contributed by atoms with E-state index in [1.165, 1.54) is 62.4 Å². The molecule has 0 heterocycles. The quantitative estimate of drug-likeness (QED) is 0.0127. The highest BCUT2D eigenvalue weighted by Gasteiger charge is 2.41. The number of guanidine groups is 2. The van der Waals surface area contributed by atoms with Gasteiger partial charge in [0.05, 0.1) is 18.6 Å². The second-order valence-electron chi connectivity index (χ2n) is 26.7. The first-order valence-corrected chi connectivity index (χ1v) is 37.0. The Morgan fingerprint density at radius 3 is 1.12 bits per heavy atom. The highest BCUT2D eigenvalue weighted by molar-refractivity contribution is 7.81. The number of aliphatic hydroxyl groups excluding tert-OH is 1. The van der Waals surface area contributed by atoms with Crippen molar-refractivity contribution in [3.8, 4) is 11.5 Å². The number of carbonyl (C=O) groups excluding carboxylic acids is 13. The Labute approximate surface area is 657 Å². The fourth-order valence-corrected chi connectivity index (χ4v) is 11.1. The van der Waals surface area contributed by atoms with Gasteiger partial charge in [-0.1, -0.05) is 24.3 Å². The van der Waals surface area contributed by atoms with Crippen molar-refractivity contribution < 1.29 is 87.5 Å². The molecule has 0 aliphatic carbocycles. The largest absolute Gasteiger partial charge is 0.508 e. The van der Waals surface area contributed by atoms with Gasteiger partial charge in [0.25, 0.3) is 0 Å². The molecule has 38 N–H and O–H groups in total. The van der Waals surface area contributed by atoms with Gasteiger partial charge in [-0.25, -0.2) is 4.79 Å². The second-order valence-corrected chi connectivity index (χ2v) is 28.2. The molecule has 43 nitrogen and oxygen atoms in total. The van der Waals surface area contributed by atoms with Gasteiger partial charge < -0.3 is 146 Å². The van der Waals surface area contributed by atoms with Crippen LogP contribution in [0.5, 0.6) is 11.5 Å². The predicted octanol–water partition coefficient (Wildman–Crippen LogP) is -10.3. The van der Waals surface area contributed by atoms with Crippen molar-refractivity contribution in [2.45, 2.75) is 194 Å². The van der Waals surface area contributed by atoms with Crippen molar-refractivity contribution >= 4 is 120 Å². The maximum Gasteiger partial charge on any atom is 0.326 e. The maximum atomic E-state index is 14.4. The number of phenols is 2. The van der Waals surface area contributed by atoms with Gasteiger partial charge in [-0.15, -0.1) is 0 Å². The van der Waals surface area contributed by atoms with E-state index >= 15 is 0 Å². The zero-order valence-corrected chi connectivity index (χ0v) is 64.4. The smallest absolute Gasteiger partial charge is 0.326 e. The number of phenolic OH excluding ortho intramolecular Hbond substituents is 2. The van der Waals surface area contributed by atoms with Crippen LogP contribution in [-0.2, 0) is 80.0 Å². The van der Waals surface area contributed by atoms with Gasteiger partial charge in [-0.2, -0.15) is 25.3 Å². The Bertz CT molecular complexity index is 3490. The number of rotatable bonds is 53. The van der Waals surface area contributed by atoms with Crippen molar-refractivity contribution in [1.29, 1.82) is 10.8 Å². The van der Waals surface area contributed by atoms with E-state index in [1.807, 2.05) is 0 Å². The molecule has 0 saturated carbocycles. The number of benzene rings is 2. The normalized spacial score (nSPS) is 14.9. The number of hydrogen-bond donors (Lipinski definition) is 31. The number of carboxylic acid groups (broad SMARTS) is 1. The summed E-state index contributed by atoms with van der Waals surface area (Å²) in [5.74, 6) is -16.5. The van der Waals surface area contributed by atoms with Gasteiger partial charge in [0.2, 0.25) is 76.8 Å². The Morgan fingerprint density at radius 1 is 0.429 bits per heavy atom. The molecule has 626 valence electrons. The number of nitrogens with one attached hydrogen (secondary N) is 16. The summed E-state index contributed by atoms with van der Waals surface area (Å²) in [5.41, 5.74) is 52.1. The van der Waals surface area contributed by atoms with Crippen LogP contribution in [0.3, 0.4) is 0 Å². The molecule has 0 aromatic heterocycles. The van der Waals surface area contributed by atoms with Crippen molar-refractivity contribution in [3.63, 3.8) is 0 Å². The summed E-state index contributed by atoms with van der Waals surface area (Å²) < 4.78 is -1.48. The second kappa shape index (κ2) is 50.5. The van der Waals surface area contributed by atoms with Gasteiger partial charge in [0.1, 0.15) is 84.0 Å². The Balaban J connectivity index is 2.43. The van der Waals surface area contributed by atoms with Gasteiger partial charge >= 0.3 is 5.97 Å². The van der Waals surface area contributed by atoms with Crippen LogP contribution in [0.4, 0.5) is 0 Å². The van der Waals surface area contributed by atoms with Crippen LogP contribution < -0.4 is 126 Å². The third-order valence-electron chi connectivity index (χ3n) is 16.8. The van der Waals surface area contributed by atoms with Crippen molar-refractivity contribution in [3.05, 3.63) is 59.7 Å². The van der Waals surface area contributed by atoms with E-state index in [2.05, 4.69) is 99.7 Å². The average Bonchev–Trinajstić information content (AvgIpc) is 0.821. The lowest BCUT2D eigenvalue weighted by Crippen LogP contribution is -2.63. The Kier molecular flexibility index (Phi) is 44.0. The highest BCUT2D eigenvalue weighted by atomic mass is 32.1. The predicted molar refractivity (Wildman–Crippen MR) is 416 cm³/mol. The monoisotopic (exact) mass is 1620 g/mol. The molecule has 2 aromatic rings. The zero-order valence-electron chi connectivity index (χ0n) is 62.6. The molecule has 112 heavy (non-hydrogen) atoms. The summed E-state index contributed by atoms with van der Waals surface area (Å²) in [6.07, 6.45) is -3.99. The molecule has 0 aliphatic heterocycles. The fraction of sp³-hybridized carbons (Fsp3) is 0.582. The minimum atomic E-state index is -1.92. The molecule has 0 fully saturated rings. The van der Waals surface area contributed by atoms with E-state index in [9.17, 15) is 87.5 Å². The molecule has 0 aliphatic rings. The molecule has 2 aromatic carbocycles. The van der Waals surface area contributed by atoms with Crippen LogP contribution in [0.15, 0.2) is 48.5 Å². The molecular weight excluding hydrogens is 1510 g/mol. The SMILES string of the molecule is C[C@@H](O)[C@H](NC(=O)[C@H](CCN)NC(=O)[C@H](CCCNC(=N)N)NC(=O)[C@H](CC(N)=O)NC(=O)[C@@H](NC(=O)[C@H](Cc1ccc(O)cc1)NC(=O)[C@@H](N)CN)C(C)(C)S)C(=O)N[C@H](CCN)C(=O)N[C@@H](CCCCN)C(=O)N[C@@H](CS)C(=O)N[C@@H](CCN)C(=O)N[C@@H](CCCNC(=N)N)C(=O)N[C@@H](Cc1ccc(O)cc1)C(=O)O. The number of aliphatic hydroxyl groups is 1. The fourth-order valence-electron chi connectivity index (χ4n) is 10.7. The molecule has 0 saturated heterocycles. The number of unbranched alkanes of at least 4 members (excludes halogenated alkanes) is 1. The number of nitrogens with two attached hydrogens (primary N) is 9. The molecule has 2 rings (SSSR count). The number of thiol groups is 2.